The number of anilines is 1. The fraction of sp³-hybridized carbons (Fsp3) is 0.714. The van der Waals surface area contributed by atoms with Crippen LogP contribution in [0.4, 0.5) is 10.5 Å². The van der Waals surface area contributed by atoms with E-state index in [1.807, 2.05) is 39.0 Å². The summed E-state index contributed by atoms with van der Waals surface area (Å²) < 4.78 is 6.61. The average Bonchev–Trinajstić information content (AvgIpc) is 2.86. The standard InChI is InChI=1S/C28H46N4O4/c1-19(2)29-28(35)30-24-11-12-25-23(13-24)14-27(34)32(21(4)18-33)15-20(3)26(36-25)17-31(5)16-22-9-7-6-8-10-22/h11-13,19-22,26,33H,6-10,14-18H2,1-5H3,(H2,29,30,35)/t20-,21+,26+/m1/s1. The Labute approximate surface area is 216 Å². The van der Waals surface area contributed by atoms with Crippen molar-refractivity contribution in [2.75, 3.05) is 38.6 Å². The zero-order chi connectivity index (χ0) is 26.2. The minimum absolute atomic E-state index is 0.0177. The summed E-state index contributed by atoms with van der Waals surface area (Å²) in [5, 5.41) is 15.5. The lowest BCUT2D eigenvalue weighted by atomic mass is 9.89. The van der Waals surface area contributed by atoms with E-state index in [1.54, 1.807) is 4.90 Å². The van der Waals surface area contributed by atoms with Gasteiger partial charge in [-0.2, -0.15) is 0 Å². The van der Waals surface area contributed by atoms with Gasteiger partial charge in [0.05, 0.1) is 19.1 Å². The van der Waals surface area contributed by atoms with Crippen molar-refractivity contribution in [3.05, 3.63) is 23.8 Å². The third-order valence-electron chi connectivity index (χ3n) is 7.38. The molecule has 1 aliphatic heterocycles. The van der Waals surface area contributed by atoms with Crippen LogP contribution < -0.4 is 15.4 Å². The first-order chi connectivity index (χ1) is 17.2. The summed E-state index contributed by atoms with van der Waals surface area (Å²) in [5.74, 6) is 1.45. The Kier molecular flexibility index (Phi) is 10.4. The predicted molar refractivity (Wildman–Crippen MR) is 143 cm³/mol. The third kappa shape index (κ3) is 8.10. The molecule has 1 aromatic rings. The van der Waals surface area contributed by atoms with E-state index in [2.05, 4.69) is 29.5 Å². The Morgan fingerprint density at radius 2 is 1.92 bits per heavy atom. The second-order valence-corrected chi connectivity index (χ2v) is 11.2. The van der Waals surface area contributed by atoms with Gasteiger partial charge in [-0.1, -0.05) is 26.2 Å². The van der Waals surface area contributed by atoms with Crippen LogP contribution >= 0.6 is 0 Å². The van der Waals surface area contributed by atoms with Gasteiger partial charge in [0.2, 0.25) is 5.91 Å². The molecule has 0 spiro atoms. The van der Waals surface area contributed by atoms with Gasteiger partial charge in [0.1, 0.15) is 11.9 Å². The monoisotopic (exact) mass is 502 g/mol. The van der Waals surface area contributed by atoms with Gasteiger partial charge in [0.25, 0.3) is 0 Å². The summed E-state index contributed by atoms with van der Waals surface area (Å²) >= 11 is 0. The number of carbonyl (C=O) groups is 2. The first kappa shape index (κ1) is 28.3. The van der Waals surface area contributed by atoms with Crippen LogP contribution in [0.5, 0.6) is 5.75 Å². The number of nitrogens with zero attached hydrogens (tertiary/aromatic N) is 2. The molecule has 1 heterocycles. The van der Waals surface area contributed by atoms with Crippen molar-refractivity contribution in [2.45, 2.75) is 84.4 Å². The largest absolute Gasteiger partial charge is 0.488 e. The predicted octanol–water partition coefficient (Wildman–Crippen LogP) is 3.88. The molecule has 3 rings (SSSR count). The first-order valence-corrected chi connectivity index (χ1v) is 13.6. The second-order valence-electron chi connectivity index (χ2n) is 11.2. The highest BCUT2D eigenvalue weighted by Gasteiger charge is 2.31. The highest BCUT2D eigenvalue weighted by atomic mass is 16.5. The van der Waals surface area contributed by atoms with E-state index in [-0.39, 0.29) is 49.1 Å². The van der Waals surface area contributed by atoms with Crippen molar-refractivity contribution in [3.8, 4) is 5.75 Å². The molecule has 8 heteroatoms. The van der Waals surface area contributed by atoms with E-state index in [4.69, 9.17) is 4.74 Å². The zero-order valence-corrected chi connectivity index (χ0v) is 22.8. The number of aliphatic hydroxyl groups is 1. The van der Waals surface area contributed by atoms with E-state index < -0.39 is 0 Å². The molecule has 0 bridgehead atoms. The van der Waals surface area contributed by atoms with Crippen LogP contribution in [-0.2, 0) is 11.2 Å². The summed E-state index contributed by atoms with van der Waals surface area (Å²) in [6.45, 7) is 10.1. The molecule has 1 aromatic carbocycles. The number of likely N-dealkylation sites (N-methyl/N-ethyl adjacent to an activating group) is 1. The average molecular weight is 503 g/mol. The molecule has 202 valence electrons. The van der Waals surface area contributed by atoms with E-state index in [0.29, 0.717) is 18.0 Å². The molecule has 0 aromatic heterocycles. The lowest BCUT2D eigenvalue weighted by Crippen LogP contribution is -2.48. The smallest absolute Gasteiger partial charge is 0.319 e. The van der Waals surface area contributed by atoms with E-state index >= 15 is 0 Å². The fourth-order valence-corrected chi connectivity index (χ4v) is 5.35. The molecule has 0 unspecified atom stereocenters. The Balaban J connectivity index is 1.83. The quantitative estimate of drug-likeness (QED) is 0.502. The number of fused-ring (bicyclic) bond motifs is 1. The van der Waals surface area contributed by atoms with Gasteiger partial charge < -0.3 is 30.3 Å². The van der Waals surface area contributed by atoms with E-state index in [0.717, 1.165) is 24.6 Å². The van der Waals surface area contributed by atoms with Gasteiger partial charge >= 0.3 is 6.03 Å². The summed E-state index contributed by atoms with van der Waals surface area (Å²) in [7, 11) is 2.16. The number of aliphatic hydroxyl groups excluding tert-OH is 1. The summed E-state index contributed by atoms with van der Waals surface area (Å²) in [6, 6.07) is 4.96. The van der Waals surface area contributed by atoms with Crippen LogP contribution in [-0.4, -0.2) is 78.3 Å². The van der Waals surface area contributed by atoms with Gasteiger partial charge in [-0.05, 0) is 64.8 Å². The van der Waals surface area contributed by atoms with Crippen LogP contribution in [0.1, 0.15) is 65.4 Å². The van der Waals surface area contributed by atoms with Crippen molar-refractivity contribution in [1.29, 1.82) is 0 Å². The van der Waals surface area contributed by atoms with Crippen LogP contribution in [0.25, 0.3) is 0 Å². The van der Waals surface area contributed by atoms with Crippen molar-refractivity contribution >= 4 is 17.6 Å². The van der Waals surface area contributed by atoms with Crippen LogP contribution in [0, 0.1) is 11.8 Å². The van der Waals surface area contributed by atoms with Crippen molar-refractivity contribution in [3.63, 3.8) is 0 Å². The summed E-state index contributed by atoms with van der Waals surface area (Å²) in [6.07, 6.45) is 6.63. The number of amides is 3. The highest BCUT2D eigenvalue weighted by molar-refractivity contribution is 5.90. The first-order valence-electron chi connectivity index (χ1n) is 13.6. The van der Waals surface area contributed by atoms with E-state index in [1.165, 1.54) is 32.1 Å². The molecule has 1 saturated carbocycles. The molecule has 36 heavy (non-hydrogen) atoms. The van der Waals surface area contributed by atoms with Gasteiger partial charge in [0.15, 0.2) is 0 Å². The maximum Gasteiger partial charge on any atom is 0.319 e. The number of nitrogens with one attached hydrogen (secondary N) is 2. The Morgan fingerprint density at radius 1 is 1.19 bits per heavy atom. The van der Waals surface area contributed by atoms with Crippen molar-refractivity contribution in [2.24, 2.45) is 11.8 Å². The molecular formula is C28H46N4O4. The number of benzene rings is 1. The van der Waals surface area contributed by atoms with Crippen molar-refractivity contribution in [1.82, 2.24) is 15.1 Å². The molecule has 3 amide bonds. The SMILES string of the molecule is CC(C)NC(=O)Nc1ccc2c(c1)CC(=O)N([C@@H](C)CO)C[C@@H](C)[C@H](CN(C)CC1CCCCC1)O2. The molecule has 3 atom stereocenters. The molecule has 0 radical (unpaired) electrons. The topological polar surface area (TPSA) is 94.1 Å². The van der Waals surface area contributed by atoms with Gasteiger partial charge in [0, 0.05) is 42.8 Å². The third-order valence-corrected chi connectivity index (χ3v) is 7.38. The van der Waals surface area contributed by atoms with Crippen LogP contribution in [0.2, 0.25) is 0 Å². The Morgan fingerprint density at radius 3 is 2.58 bits per heavy atom. The number of ether oxygens (including phenoxy) is 1. The number of hydrogen-bond acceptors (Lipinski definition) is 5. The Bertz CT molecular complexity index is 871. The lowest BCUT2D eigenvalue weighted by Gasteiger charge is -2.35. The number of carbonyl (C=O) groups excluding carboxylic acids is 2. The number of hydrogen-bond donors (Lipinski definition) is 3. The molecule has 0 saturated heterocycles. The molecule has 2 aliphatic rings. The molecule has 8 nitrogen and oxygen atoms in total. The molecule has 1 aliphatic carbocycles. The lowest BCUT2D eigenvalue weighted by molar-refractivity contribution is -0.134. The van der Waals surface area contributed by atoms with Crippen LogP contribution in [0.3, 0.4) is 0 Å². The van der Waals surface area contributed by atoms with E-state index in [9.17, 15) is 14.7 Å². The zero-order valence-electron chi connectivity index (χ0n) is 22.8. The summed E-state index contributed by atoms with van der Waals surface area (Å²) in [4.78, 5) is 29.7. The van der Waals surface area contributed by atoms with Gasteiger partial charge in [-0.3, -0.25) is 4.79 Å². The Hall–Kier alpha value is -2.32. The summed E-state index contributed by atoms with van der Waals surface area (Å²) in [5.41, 5.74) is 1.36. The fourth-order valence-electron chi connectivity index (χ4n) is 5.35. The molecular weight excluding hydrogens is 456 g/mol. The highest BCUT2D eigenvalue weighted by Crippen LogP contribution is 2.30. The number of rotatable bonds is 8. The second kappa shape index (κ2) is 13.3. The minimum Gasteiger partial charge on any atom is -0.488 e. The van der Waals surface area contributed by atoms with Crippen molar-refractivity contribution < 1.29 is 19.4 Å². The van der Waals surface area contributed by atoms with Gasteiger partial charge in [-0.25, -0.2) is 4.79 Å². The minimum atomic E-state index is -0.286. The molecule has 1 fully saturated rings. The maximum atomic E-state index is 13.3. The normalized spacial score (nSPS) is 22.3. The number of urea groups is 1. The molecule has 3 N–H and O–H groups in total. The van der Waals surface area contributed by atoms with Crippen LogP contribution in [0.15, 0.2) is 18.2 Å². The maximum absolute atomic E-state index is 13.3. The van der Waals surface area contributed by atoms with Gasteiger partial charge in [-0.15, -0.1) is 0 Å².